The van der Waals surface area contributed by atoms with Crippen LogP contribution >= 0.6 is 11.8 Å². The molecule has 0 radical (unpaired) electrons. The summed E-state index contributed by atoms with van der Waals surface area (Å²) in [6, 6.07) is 4.58. The van der Waals surface area contributed by atoms with E-state index in [2.05, 4.69) is 0 Å². The van der Waals surface area contributed by atoms with Crippen LogP contribution in [0, 0.1) is 0 Å². The Morgan fingerprint density at radius 3 is 1.93 bits per heavy atom. The quantitative estimate of drug-likeness (QED) is 0.763. The fourth-order valence-electron chi connectivity index (χ4n) is 0.889. The third kappa shape index (κ3) is 4.13. The molecule has 15 heavy (non-hydrogen) atoms. The van der Waals surface area contributed by atoms with Crippen LogP contribution in [0.5, 0.6) is 0 Å². The van der Waals surface area contributed by atoms with E-state index < -0.39 is 15.3 Å². The maximum absolute atomic E-state index is 11.9. The summed E-state index contributed by atoms with van der Waals surface area (Å²) in [5.41, 5.74) is -4.35. The summed E-state index contributed by atoms with van der Waals surface area (Å²) in [4.78, 5) is -0.0241. The molecule has 0 saturated heterocycles. The van der Waals surface area contributed by atoms with Gasteiger partial charge in [-0.2, -0.15) is 13.2 Å². The van der Waals surface area contributed by atoms with Crippen LogP contribution in [0.25, 0.3) is 0 Å². The number of thioether (sulfide) groups is 1. The van der Waals surface area contributed by atoms with E-state index in [0.717, 1.165) is 30.5 Å². The zero-order valence-corrected chi connectivity index (χ0v) is 9.21. The Morgan fingerprint density at radius 2 is 1.60 bits per heavy atom. The van der Waals surface area contributed by atoms with Gasteiger partial charge in [-0.05, 0) is 36.0 Å². The van der Waals surface area contributed by atoms with Gasteiger partial charge in [-0.1, -0.05) is 0 Å². The van der Waals surface area contributed by atoms with Gasteiger partial charge in [0.25, 0.3) is 0 Å². The largest absolute Gasteiger partial charge is 0.446 e. The molecule has 0 aromatic heterocycles. The second-order valence-electron chi connectivity index (χ2n) is 2.79. The molecule has 7 heteroatoms. The van der Waals surface area contributed by atoms with Crippen molar-refractivity contribution < 1.29 is 21.6 Å². The summed E-state index contributed by atoms with van der Waals surface area (Å²) < 4.78 is 57.8. The fourth-order valence-corrected chi connectivity index (χ4v) is 2.06. The van der Waals surface area contributed by atoms with Crippen LogP contribution in [0.4, 0.5) is 13.2 Å². The Hall–Kier alpha value is -0.690. The Balaban J connectivity index is 2.92. The summed E-state index contributed by atoms with van der Waals surface area (Å²) >= 11 is -0.275. The Bertz CT molecular complexity index is 434. The molecular formula is C8H7F3O2S2. The van der Waals surface area contributed by atoms with Gasteiger partial charge in [-0.25, -0.2) is 8.42 Å². The summed E-state index contributed by atoms with van der Waals surface area (Å²) in [5, 5.41) is 0. The standard InChI is InChI=1S/C8H7F3O2S2/c1-15(12,13)7-4-2-6(3-5-7)14-8(9,10)11/h2-5H,1H3. The number of hydrogen-bond donors (Lipinski definition) is 0. The minimum absolute atomic E-state index is 0.00836. The molecule has 2 nitrogen and oxygen atoms in total. The first-order valence-corrected chi connectivity index (χ1v) is 6.45. The maximum Gasteiger partial charge on any atom is 0.446 e. The minimum atomic E-state index is -4.35. The van der Waals surface area contributed by atoms with Gasteiger partial charge in [0, 0.05) is 11.2 Å². The molecule has 1 aromatic rings. The van der Waals surface area contributed by atoms with E-state index in [1.807, 2.05) is 0 Å². The number of alkyl halides is 3. The zero-order valence-electron chi connectivity index (χ0n) is 7.58. The number of rotatable bonds is 2. The van der Waals surface area contributed by atoms with Gasteiger partial charge in [-0.3, -0.25) is 0 Å². The van der Waals surface area contributed by atoms with Crippen molar-refractivity contribution in [3.63, 3.8) is 0 Å². The van der Waals surface area contributed by atoms with E-state index in [1.165, 1.54) is 0 Å². The normalized spacial score (nSPS) is 12.8. The molecule has 0 aliphatic carbocycles. The van der Waals surface area contributed by atoms with Crippen molar-refractivity contribution in [2.45, 2.75) is 15.3 Å². The summed E-state index contributed by atoms with van der Waals surface area (Å²) in [7, 11) is -3.35. The first kappa shape index (κ1) is 12.4. The van der Waals surface area contributed by atoms with Crippen LogP contribution in [0.1, 0.15) is 0 Å². The molecule has 0 bridgehead atoms. The predicted octanol–water partition coefficient (Wildman–Crippen LogP) is 2.70. The highest BCUT2D eigenvalue weighted by Gasteiger charge is 2.29. The van der Waals surface area contributed by atoms with Crippen LogP contribution in [-0.4, -0.2) is 20.2 Å². The van der Waals surface area contributed by atoms with Gasteiger partial charge < -0.3 is 0 Å². The number of sulfone groups is 1. The van der Waals surface area contributed by atoms with Gasteiger partial charge in [-0.15, -0.1) is 0 Å². The SMILES string of the molecule is CS(=O)(=O)c1ccc(SC(F)(F)F)cc1. The molecule has 0 heterocycles. The highest BCUT2D eigenvalue weighted by molar-refractivity contribution is 8.00. The lowest BCUT2D eigenvalue weighted by Crippen LogP contribution is -2.00. The van der Waals surface area contributed by atoms with Crippen molar-refractivity contribution in [3.05, 3.63) is 24.3 Å². The lowest BCUT2D eigenvalue weighted by Gasteiger charge is -2.05. The molecule has 0 atom stereocenters. The van der Waals surface area contributed by atoms with Crippen LogP contribution in [0.15, 0.2) is 34.1 Å². The molecular weight excluding hydrogens is 249 g/mol. The van der Waals surface area contributed by atoms with Gasteiger partial charge in [0.15, 0.2) is 9.84 Å². The highest BCUT2D eigenvalue weighted by Crippen LogP contribution is 2.36. The third-order valence-corrected chi connectivity index (χ3v) is 3.35. The molecule has 0 aliphatic rings. The van der Waals surface area contributed by atoms with E-state index in [0.29, 0.717) is 0 Å². The van der Waals surface area contributed by atoms with Crippen molar-refractivity contribution in [2.24, 2.45) is 0 Å². The molecule has 1 aromatic carbocycles. The number of halogens is 3. The molecule has 84 valence electrons. The molecule has 0 N–H and O–H groups in total. The average molecular weight is 256 g/mol. The Kier molecular flexibility index (Phi) is 3.34. The van der Waals surface area contributed by atoms with Crippen LogP contribution in [0.3, 0.4) is 0 Å². The number of hydrogen-bond acceptors (Lipinski definition) is 3. The highest BCUT2D eigenvalue weighted by atomic mass is 32.2. The fraction of sp³-hybridized carbons (Fsp3) is 0.250. The molecule has 0 fully saturated rings. The first-order valence-electron chi connectivity index (χ1n) is 3.74. The van der Waals surface area contributed by atoms with Gasteiger partial charge in [0.2, 0.25) is 0 Å². The zero-order chi connectivity index (χ0) is 11.7. The van der Waals surface area contributed by atoms with E-state index >= 15 is 0 Å². The van der Waals surface area contributed by atoms with Crippen LogP contribution in [0.2, 0.25) is 0 Å². The smallest absolute Gasteiger partial charge is 0.224 e. The van der Waals surface area contributed by atoms with Crippen LogP contribution in [-0.2, 0) is 9.84 Å². The molecule has 0 saturated carbocycles. The van der Waals surface area contributed by atoms with E-state index in [-0.39, 0.29) is 21.6 Å². The van der Waals surface area contributed by atoms with E-state index in [9.17, 15) is 21.6 Å². The summed E-state index contributed by atoms with van der Waals surface area (Å²) in [6.07, 6.45) is 0.999. The minimum Gasteiger partial charge on any atom is -0.224 e. The van der Waals surface area contributed by atoms with Crippen molar-refractivity contribution in [1.82, 2.24) is 0 Å². The molecule has 0 aliphatic heterocycles. The van der Waals surface area contributed by atoms with E-state index in [4.69, 9.17) is 0 Å². The van der Waals surface area contributed by atoms with E-state index in [1.54, 1.807) is 0 Å². The van der Waals surface area contributed by atoms with Crippen molar-refractivity contribution in [2.75, 3.05) is 6.26 Å². The number of benzene rings is 1. The van der Waals surface area contributed by atoms with Gasteiger partial charge in [0.1, 0.15) is 0 Å². The maximum atomic E-state index is 11.9. The molecule has 0 spiro atoms. The molecule has 0 amide bonds. The van der Waals surface area contributed by atoms with Gasteiger partial charge in [0.05, 0.1) is 4.90 Å². The predicted molar refractivity (Wildman–Crippen MR) is 51.5 cm³/mol. The lowest BCUT2D eigenvalue weighted by atomic mass is 10.4. The second-order valence-corrected chi connectivity index (χ2v) is 5.95. The average Bonchev–Trinajstić information content (AvgIpc) is 2.00. The summed E-state index contributed by atoms with van der Waals surface area (Å²) in [6.45, 7) is 0. The van der Waals surface area contributed by atoms with Crippen molar-refractivity contribution in [1.29, 1.82) is 0 Å². The topological polar surface area (TPSA) is 34.1 Å². The van der Waals surface area contributed by atoms with Gasteiger partial charge >= 0.3 is 5.51 Å². The van der Waals surface area contributed by atoms with Crippen LogP contribution < -0.4 is 0 Å². The Labute approximate surface area is 89.4 Å². The Morgan fingerprint density at radius 1 is 1.13 bits per heavy atom. The lowest BCUT2D eigenvalue weighted by molar-refractivity contribution is -0.0328. The molecule has 1 rings (SSSR count). The molecule has 0 unspecified atom stereocenters. The summed E-state index contributed by atoms with van der Waals surface area (Å²) in [5.74, 6) is 0. The van der Waals surface area contributed by atoms with Crippen molar-refractivity contribution in [3.8, 4) is 0 Å². The second kappa shape index (κ2) is 4.05. The van der Waals surface area contributed by atoms with Crippen molar-refractivity contribution >= 4 is 21.6 Å². The first-order chi connectivity index (χ1) is 6.68. The third-order valence-electron chi connectivity index (χ3n) is 1.49. The monoisotopic (exact) mass is 256 g/mol.